The zero-order valence-electron chi connectivity index (χ0n) is 23.2. The van der Waals surface area contributed by atoms with Gasteiger partial charge in [-0.25, -0.2) is 0 Å². The summed E-state index contributed by atoms with van der Waals surface area (Å²) < 4.78 is 36.7. The van der Waals surface area contributed by atoms with Gasteiger partial charge < -0.3 is 28.1 Å². The molecule has 7 heteroatoms. The SMILES string of the molecule is C#CCC[C@H](O[Si](C)(C)C(C)(C)C)[C@H](C[C@H](OCc1ccc(OC)cc1)[C@@H]1COC(C)(C)O1)OC. The second-order valence-electron chi connectivity index (χ2n) is 11.2. The van der Waals surface area contributed by atoms with Crippen LogP contribution in [0.25, 0.3) is 0 Å². The number of hydrogen-bond acceptors (Lipinski definition) is 6. The Morgan fingerprint density at radius 2 is 1.80 bits per heavy atom. The Labute approximate surface area is 214 Å². The van der Waals surface area contributed by atoms with Gasteiger partial charge in [0.2, 0.25) is 0 Å². The average molecular weight is 507 g/mol. The molecule has 0 radical (unpaired) electrons. The summed E-state index contributed by atoms with van der Waals surface area (Å²) in [5.41, 5.74) is 1.06. The van der Waals surface area contributed by atoms with E-state index in [9.17, 15) is 0 Å². The van der Waals surface area contributed by atoms with Crippen molar-refractivity contribution in [2.24, 2.45) is 0 Å². The lowest BCUT2D eigenvalue weighted by Crippen LogP contribution is -2.49. The first kappa shape index (κ1) is 29.8. The number of terminal acetylenes is 1. The highest BCUT2D eigenvalue weighted by Crippen LogP contribution is 2.39. The quantitative estimate of drug-likeness (QED) is 0.244. The van der Waals surface area contributed by atoms with E-state index in [1.165, 1.54) is 0 Å². The van der Waals surface area contributed by atoms with Crippen molar-refractivity contribution in [1.29, 1.82) is 0 Å². The minimum Gasteiger partial charge on any atom is -0.497 e. The maximum absolute atomic E-state index is 6.83. The molecule has 0 spiro atoms. The Hall–Kier alpha value is -1.40. The first-order valence-electron chi connectivity index (χ1n) is 12.5. The van der Waals surface area contributed by atoms with Gasteiger partial charge in [0, 0.05) is 20.0 Å². The minimum absolute atomic E-state index is 0.0797. The number of methoxy groups -OCH3 is 2. The molecule has 1 aliphatic rings. The Morgan fingerprint density at radius 3 is 2.29 bits per heavy atom. The van der Waals surface area contributed by atoms with Crippen molar-refractivity contribution < 1.29 is 28.1 Å². The Bertz CT molecular complexity index is 808. The molecule has 6 nitrogen and oxygen atoms in total. The largest absolute Gasteiger partial charge is 0.497 e. The van der Waals surface area contributed by atoms with Gasteiger partial charge in [-0.1, -0.05) is 32.9 Å². The summed E-state index contributed by atoms with van der Waals surface area (Å²) in [5, 5.41) is 0.0797. The van der Waals surface area contributed by atoms with Crippen LogP contribution in [0.5, 0.6) is 5.75 Å². The molecule has 0 bridgehead atoms. The van der Waals surface area contributed by atoms with Gasteiger partial charge in [0.05, 0.1) is 38.6 Å². The van der Waals surface area contributed by atoms with Gasteiger partial charge in [-0.15, -0.1) is 12.3 Å². The topological polar surface area (TPSA) is 55.4 Å². The molecule has 1 aromatic carbocycles. The summed E-state index contributed by atoms with van der Waals surface area (Å²) in [7, 11) is 1.36. The summed E-state index contributed by atoms with van der Waals surface area (Å²) in [6, 6.07) is 7.89. The number of rotatable bonds is 13. The van der Waals surface area contributed by atoms with Gasteiger partial charge in [-0.05, 0) is 56.1 Å². The molecule has 4 atom stereocenters. The van der Waals surface area contributed by atoms with Crippen LogP contribution in [0.4, 0.5) is 0 Å². The van der Waals surface area contributed by atoms with E-state index in [1.54, 1.807) is 14.2 Å². The second kappa shape index (κ2) is 12.7. The molecule has 0 aliphatic carbocycles. The molecule has 198 valence electrons. The number of hydrogen-bond donors (Lipinski definition) is 0. The fraction of sp³-hybridized carbons (Fsp3) is 0.714. The van der Waals surface area contributed by atoms with Crippen molar-refractivity contribution in [3.63, 3.8) is 0 Å². The Morgan fingerprint density at radius 1 is 1.14 bits per heavy atom. The molecule has 1 aromatic rings. The monoisotopic (exact) mass is 506 g/mol. The highest BCUT2D eigenvalue weighted by atomic mass is 28.4. The predicted octanol–water partition coefficient (Wildman–Crippen LogP) is 5.94. The zero-order chi connectivity index (χ0) is 26.3. The van der Waals surface area contributed by atoms with Crippen molar-refractivity contribution in [1.82, 2.24) is 0 Å². The molecule has 1 heterocycles. The summed E-state index contributed by atoms with van der Waals surface area (Å²) in [4.78, 5) is 0. The van der Waals surface area contributed by atoms with E-state index in [2.05, 4.69) is 39.8 Å². The highest BCUT2D eigenvalue weighted by molar-refractivity contribution is 6.74. The van der Waals surface area contributed by atoms with Crippen LogP contribution in [-0.2, 0) is 30.0 Å². The van der Waals surface area contributed by atoms with E-state index < -0.39 is 14.1 Å². The fourth-order valence-electron chi connectivity index (χ4n) is 3.88. The van der Waals surface area contributed by atoms with Gasteiger partial charge >= 0.3 is 0 Å². The maximum atomic E-state index is 6.83. The van der Waals surface area contributed by atoms with Crippen LogP contribution in [0.1, 0.15) is 59.4 Å². The molecule has 1 aliphatic heterocycles. The van der Waals surface area contributed by atoms with Gasteiger partial charge in [0.25, 0.3) is 0 Å². The van der Waals surface area contributed by atoms with E-state index in [0.29, 0.717) is 26.1 Å². The third-order valence-electron chi connectivity index (χ3n) is 7.08. The number of ether oxygens (including phenoxy) is 5. The zero-order valence-corrected chi connectivity index (χ0v) is 24.2. The third kappa shape index (κ3) is 8.89. The molecule has 1 saturated heterocycles. The molecular weight excluding hydrogens is 460 g/mol. The van der Waals surface area contributed by atoms with Crippen molar-refractivity contribution in [2.45, 2.75) is 109 Å². The van der Waals surface area contributed by atoms with E-state index in [1.807, 2.05) is 38.1 Å². The summed E-state index contributed by atoms with van der Waals surface area (Å²) >= 11 is 0. The van der Waals surface area contributed by atoms with E-state index in [4.69, 9.17) is 34.5 Å². The van der Waals surface area contributed by atoms with Gasteiger partial charge in [-0.2, -0.15) is 0 Å². The smallest absolute Gasteiger partial charge is 0.192 e. The minimum atomic E-state index is -2.04. The van der Waals surface area contributed by atoms with Crippen LogP contribution in [0.15, 0.2) is 24.3 Å². The second-order valence-corrected chi connectivity index (χ2v) is 16.0. The van der Waals surface area contributed by atoms with Crippen molar-refractivity contribution >= 4 is 8.32 Å². The van der Waals surface area contributed by atoms with E-state index in [-0.39, 0.29) is 29.5 Å². The first-order chi connectivity index (χ1) is 16.3. The lowest BCUT2D eigenvalue weighted by molar-refractivity contribution is -0.164. The average Bonchev–Trinajstić information content (AvgIpc) is 3.16. The van der Waals surface area contributed by atoms with Crippen molar-refractivity contribution in [3.8, 4) is 18.1 Å². The molecular formula is C28H46O6Si. The Balaban J connectivity index is 2.22. The van der Waals surface area contributed by atoms with Crippen LogP contribution in [0.2, 0.25) is 18.1 Å². The molecule has 1 fully saturated rings. The van der Waals surface area contributed by atoms with Crippen LogP contribution in [0.3, 0.4) is 0 Å². The molecule has 0 saturated carbocycles. The molecule has 0 aromatic heterocycles. The predicted molar refractivity (Wildman–Crippen MR) is 142 cm³/mol. The van der Waals surface area contributed by atoms with Gasteiger partial charge in [-0.3, -0.25) is 0 Å². The lowest BCUT2D eigenvalue weighted by atomic mass is 9.99. The summed E-state index contributed by atoms with van der Waals surface area (Å²) in [6.07, 6.45) is 6.85. The molecule has 0 amide bonds. The van der Waals surface area contributed by atoms with Gasteiger partial charge in [0.15, 0.2) is 14.1 Å². The van der Waals surface area contributed by atoms with Crippen molar-refractivity contribution in [2.75, 3.05) is 20.8 Å². The third-order valence-corrected chi connectivity index (χ3v) is 11.6. The van der Waals surface area contributed by atoms with E-state index in [0.717, 1.165) is 17.7 Å². The number of benzene rings is 1. The lowest BCUT2D eigenvalue weighted by Gasteiger charge is -2.42. The van der Waals surface area contributed by atoms with Crippen LogP contribution in [-0.4, -0.2) is 59.3 Å². The summed E-state index contributed by atoms with van der Waals surface area (Å²) in [6.45, 7) is 16.0. The van der Waals surface area contributed by atoms with Crippen LogP contribution in [0, 0.1) is 12.3 Å². The van der Waals surface area contributed by atoms with Gasteiger partial charge in [0.1, 0.15) is 11.9 Å². The highest BCUT2D eigenvalue weighted by Gasteiger charge is 2.43. The fourth-order valence-corrected chi connectivity index (χ4v) is 5.26. The van der Waals surface area contributed by atoms with Crippen LogP contribution >= 0.6 is 0 Å². The summed E-state index contributed by atoms with van der Waals surface area (Å²) in [5.74, 6) is 2.94. The van der Waals surface area contributed by atoms with Crippen molar-refractivity contribution in [3.05, 3.63) is 29.8 Å². The molecule has 35 heavy (non-hydrogen) atoms. The molecule has 0 unspecified atom stereocenters. The normalized spacial score (nSPS) is 20.7. The standard InChI is InChI=1S/C28H46O6Si/c1-11-12-13-23(34-35(9,10)27(2,3)4)24(30-8)18-25(26-20-32-28(5,6)33-26)31-19-21-14-16-22(29-7)17-15-21/h1,14-17,23-26H,12-13,18-20H2,2-10H3/t23-,24-,25-,26-/m0/s1. The Kier molecular flexibility index (Phi) is 10.8. The molecule has 2 rings (SSSR count). The maximum Gasteiger partial charge on any atom is 0.192 e. The molecule has 0 N–H and O–H groups in total. The van der Waals surface area contributed by atoms with Crippen LogP contribution < -0.4 is 4.74 Å². The van der Waals surface area contributed by atoms with E-state index >= 15 is 0 Å². The first-order valence-corrected chi connectivity index (χ1v) is 15.4.